The Morgan fingerprint density at radius 3 is 2.49 bits per heavy atom. The molecule has 0 N–H and O–H groups in total. The van der Waals surface area contributed by atoms with Gasteiger partial charge in [-0.15, -0.1) is 0 Å². The van der Waals surface area contributed by atoms with Gasteiger partial charge in [0.2, 0.25) is 11.8 Å². The second kappa shape index (κ2) is 11.3. The average molecular weight is 529 g/mol. The van der Waals surface area contributed by atoms with E-state index < -0.39 is 0 Å². The Labute approximate surface area is 229 Å². The third-order valence-electron chi connectivity index (χ3n) is 7.71. The molecule has 5 rings (SSSR count). The van der Waals surface area contributed by atoms with Gasteiger partial charge in [0, 0.05) is 76.0 Å². The number of benzene rings is 2. The molecule has 0 atom stereocenters. The van der Waals surface area contributed by atoms with Crippen molar-refractivity contribution in [3.8, 4) is 6.01 Å². The number of anilines is 2. The molecule has 2 aromatic carbocycles. The summed E-state index contributed by atoms with van der Waals surface area (Å²) in [6.45, 7) is 8.24. The summed E-state index contributed by atoms with van der Waals surface area (Å²) in [6.07, 6.45) is 4.14. The number of ether oxygens (including phenoxy) is 1. The minimum Gasteiger partial charge on any atom is -0.467 e. The van der Waals surface area contributed by atoms with E-state index in [2.05, 4.69) is 53.1 Å². The topological polar surface area (TPSA) is 82.1 Å². The number of carbonyl (C=O) groups excluding carboxylic acids is 2. The van der Waals surface area contributed by atoms with Crippen molar-refractivity contribution in [2.24, 2.45) is 0 Å². The molecule has 2 amide bonds. The normalized spacial score (nSPS) is 15.5. The smallest absolute Gasteiger partial charge is 0.318 e. The van der Waals surface area contributed by atoms with Gasteiger partial charge in [-0.3, -0.25) is 9.59 Å². The first kappa shape index (κ1) is 26.5. The number of hydrogen-bond donors (Lipinski definition) is 0. The quantitative estimate of drug-likeness (QED) is 0.455. The summed E-state index contributed by atoms with van der Waals surface area (Å²) in [5, 5.41) is 2.53. The van der Waals surface area contributed by atoms with Crippen LogP contribution >= 0.6 is 0 Å². The van der Waals surface area contributed by atoms with Crippen LogP contribution in [-0.4, -0.2) is 85.0 Å². The summed E-state index contributed by atoms with van der Waals surface area (Å²) in [6, 6.07) is 13.3. The van der Waals surface area contributed by atoms with Crippen molar-refractivity contribution >= 4 is 34.1 Å². The van der Waals surface area contributed by atoms with Gasteiger partial charge in [0.25, 0.3) is 0 Å². The van der Waals surface area contributed by atoms with Gasteiger partial charge in [0.05, 0.1) is 19.3 Å². The van der Waals surface area contributed by atoms with E-state index >= 15 is 0 Å². The zero-order valence-electron chi connectivity index (χ0n) is 23.2. The summed E-state index contributed by atoms with van der Waals surface area (Å²) in [5.74, 6) is 0.853. The number of carbonyl (C=O) groups is 2. The van der Waals surface area contributed by atoms with Crippen LogP contribution in [0.3, 0.4) is 0 Å². The van der Waals surface area contributed by atoms with E-state index in [-0.39, 0.29) is 11.8 Å². The molecule has 39 heavy (non-hydrogen) atoms. The van der Waals surface area contributed by atoms with Gasteiger partial charge in [-0.2, -0.15) is 9.97 Å². The lowest BCUT2D eigenvalue weighted by Gasteiger charge is -2.38. The largest absolute Gasteiger partial charge is 0.467 e. The summed E-state index contributed by atoms with van der Waals surface area (Å²) in [4.78, 5) is 41.6. The molecule has 0 aliphatic carbocycles. The predicted molar refractivity (Wildman–Crippen MR) is 153 cm³/mol. The molecule has 0 radical (unpaired) electrons. The zero-order chi connectivity index (χ0) is 27.5. The third kappa shape index (κ3) is 5.53. The van der Waals surface area contributed by atoms with Crippen molar-refractivity contribution in [3.63, 3.8) is 0 Å². The number of rotatable bonds is 6. The van der Waals surface area contributed by atoms with E-state index in [9.17, 15) is 9.59 Å². The number of nitrogens with zero attached hydrogens (tertiary/aromatic N) is 6. The van der Waals surface area contributed by atoms with Crippen LogP contribution in [0.5, 0.6) is 6.01 Å². The number of hydrogen-bond acceptors (Lipinski definition) is 7. The van der Waals surface area contributed by atoms with Gasteiger partial charge in [0.1, 0.15) is 5.82 Å². The number of piperazine rings is 1. The highest BCUT2D eigenvalue weighted by Crippen LogP contribution is 2.35. The summed E-state index contributed by atoms with van der Waals surface area (Å²) in [5.41, 5.74) is 4.65. The lowest BCUT2D eigenvalue weighted by Crippen LogP contribution is -2.49. The van der Waals surface area contributed by atoms with Crippen LogP contribution in [-0.2, 0) is 22.6 Å². The van der Waals surface area contributed by atoms with Crippen LogP contribution in [0, 0.1) is 6.92 Å². The lowest BCUT2D eigenvalue weighted by molar-refractivity contribution is -0.128. The summed E-state index contributed by atoms with van der Waals surface area (Å²) in [7, 11) is 3.32. The fourth-order valence-electron chi connectivity index (χ4n) is 5.40. The minimum absolute atomic E-state index is 0.0281. The van der Waals surface area contributed by atoms with Gasteiger partial charge >= 0.3 is 6.01 Å². The van der Waals surface area contributed by atoms with Crippen LogP contribution in [0.4, 0.5) is 11.5 Å². The highest BCUT2D eigenvalue weighted by atomic mass is 16.5. The Kier molecular flexibility index (Phi) is 7.67. The lowest BCUT2D eigenvalue weighted by atomic mass is 9.99. The van der Waals surface area contributed by atoms with Crippen molar-refractivity contribution < 1.29 is 14.3 Å². The van der Waals surface area contributed by atoms with Crippen LogP contribution in [0.2, 0.25) is 0 Å². The Hall–Kier alpha value is -4.14. The molecule has 0 spiro atoms. The molecule has 1 fully saturated rings. The maximum absolute atomic E-state index is 12.7. The van der Waals surface area contributed by atoms with Crippen LogP contribution in [0.25, 0.3) is 10.8 Å². The second-order valence-corrected chi connectivity index (χ2v) is 10.2. The van der Waals surface area contributed by atoms with Crippen molar-refractivity contribution in [2.75, 3.05) is 63.2 Å². The number of aryl methyl sites for hydroxylation is 1. The Morgan fingerprint density at radius 1 is 1.03 bits per heavy atom. The number of fused-ring (bicyclic) bond motifs is 2. The van der Waals surface area contributed by atoms with E-state index in [4.69, 9.17) is 14.7 Å². The number of likely N-dealkylation sites (N-methyl/N-ethyl adjacent to an activating group) is 1. The van der Waals surface area contributed by atoms with E-state index in [1.807, 2.05) is 4.90 Å². The van der Waals surface area contributed by atoms with Crippen molar-refractivity contribution in [2.45, 2.75) is 26.8 Å². The van der Waals surface area contributed by atoms with Crippen molar-refractivity contribution in [1.82, 2.24) is 19.8 Å². The molecule has 9 heteroatoms. The molecule has 1 aromatic heterocycles. The molecule has 2 aliphatic heterocycles. The molecule has 3 heterocycles. The van der Waals surface area contributed by atoms with Crippen molar-refractivity contribution in [3.05, 3.63) is 65.4 Å². The first-order valence-corrected chi connectivity index (χ1v) is 13.4. The van der Waals surface area contributed by atoms with Gasteiger partial charge < -0.3 is 24.3 Å². The van der Waals surface area contributed by atoms with E-state index in [0.717, 1.165) is 30.0 Å². The van der Waals surface area contributed by atoms with Crippen molar-refractivity contribution in [1.29, 1.82) is 0 Å². The van der Waals surface area contributed by atoms with E-state index in [1.54, 1.807) is 31.2 Å². The molecule has 1 saturated heterocycles. The molecule has 9 nitrogen and oxygen atoms in total. The maximum atomic E-state index is 12.7. The van der Waals surface area contributed by atoms with Gasteiger partial charge in [0.15, 0.2) is 0 Å². The van der Waals surface area contributed by atoms with Gasteiger partial charge in [-0.05, 0) is 30.4 Å². The maximum Gasteiger partial charge on any atom is 0.318 e. The molecule has 2 aliphatic rings. The Morgan fingerprint density at radius 2 is 1.77 bits per heavy atom. The van der Waals surface area contributed by atoms with Crippen LogP contribution in [0.15, 0.2) is 48.6 Å². The standard InChI is InChI=1S/C30H36N6O3/c1-21-8-5-9-23-10-6-11-26(28(21)23)36-15-13-24-25(20-36)31-30(39-4)32-29(24)35-18-16-34(17-19-35)27(38)12-7-14-33(3)22(2)37/h5-12H,13-20H2,1-4H3/b12-7+. The molecule has 0 saturated carbocycles. The summed E-state index contributed by atoms with van der Waals surface area (Å²) < 4.78 is 5.51. The van der Waals surface area contributed by atoms with Crippen LogP contribution < -0.4 is 14.5 Å². The monoisotopic (exact) mass is 528 g/mol. The first-order chi connectivity index (χ1) is 18.9. The highest BCUT2D eigenvalue weighted by molar-refractivity contribution is 5.97. The highest BCUT2D eigenvalue weighted by Gasteiger charge is 2.29. The molecular formula is C30H36N6O3. The summed E-state index contributed by atoms with van der Waals surface area (Å²) >= 11 is 0. The second-order valence-electron chi connectivity index (χ2n) is 10.2. The SMILES string of the molecule is COc1nc2c(c(N3CCN(C(=O)/C=C/CN(C)C(C)=O)CC3)n1)CCN(c1cccc3cccc(C)c13)C2. The molecule has 0 unspecified atom stereocenters. The van der Waals surface area contributed by atoms with Gasteiger partial charge in [-0.1, -0.05) is 36.4 Å². The Balaban J connectivity index is 1.32. The number of methoxy groups -OCH3 is 1. The molecule has 204 valence electrons. The fourth-order valence-corrected chi connectivity index (χ4v) is 5.40. The number of aromatic nitrogens is 2. The predicted octanol–water partition coefficient (Wildman–Crippen LogP) is 3.19. The molecular weight excluding hydrogens is 492 g/mol. The molecule has 3 aromatic rings. The number of amides is 2. The first-order valence-electron chi connectivity index (χ1n) is 13.4. The zero-order valence-corrected chi connectivity index (χ0v) is 23.2. The van der Waals surface area contributed by atoms with E-state index in [0.29, 0.717) is 45.3 Å². The fraction of sp³-hybridized carbons (Fsp3) is 0.400. The third-order valence-corrected chi connectivity index (χ3v) is 7.71. The minimum atomic E-state index is -0.0325. The van der Waals surface area contributed by atoms with Gasteiger partial charge in [-0.25, -0.2) is 0 Å². The Bertz CT molecular complexity index is 1410. The van der Waals surface area contributed by atoms with Crippen LogP contribution in [0.1, 0.15) is 23.7 Å². The average Bonchev–Trinajstić information content (AvgIpc) is 2.96. The van der Waals surface area contributed by atoms with E-state index in [1.165, 1.54) is 28.9 Å². The molecule has 0 bridgehead atoms.